The van der Waals surface area contributed by atoms with Crippen LogP contribution in [0.4, 0.5) is 17.6 Å². The summed E-state index contributed by atoms with van der Waals surface area (Å²) in [4.78, 5) is 35.2. The number of aromatic nitrogens is 2. The van der Waals surface area contributed by atoms with Gasteiger partial charge in [-0.2, -0.15) is 4.39 Å². The summed E-state index contributed by atoms with van der Waals surface area (Å²) in [5.74, 6) is -5.28. The summed E-state index contributed by atoms with van der Waals surface area (Å²) >= 11 is 0. The number of nitrogens with zero attached hydrogens (tertiary/aromatic N) is 3. The molecule has 7 nitrogen and oxygen atoms in total. The second-order valence-electron chi connectivity index (χ2n) is 9.43. The first-order valence-electron chi connectivity index (χ1n) is 11.9. The van der Waals surface area contributed by atoms with Gasteiger partial charge in [0, 0.05) is 24.8 Å². The molecule has 2 aromatic heterocycles. The number of carbonyl (C=O) groups is 2. The quantitative estimate of drug-likeness (QED) is 0.377. The molecule has 11 heteroatoms. The van der Waals surface area contributed by atoms with Crippen molar-refractivity contribution in [2.24, 2.45) is 0 Å². The molecular weight excluding hydrogens is 492 g/mol. The molecule has 1 saturated carbocycles. The van der Waals surface area contributed by atoms with Crippen molar-refractivity contribution in [3.05, 3.63) is 83.6 Å². The molecule has 1 aliphatic carbocycles. The van der Waals surface area contributed by atoms with Crippen molar-refractivity contribution in [3.63, 3.8) is 0 Å². The van der Waals surface area contributed by atoms with E-state index in [1.807, 2.05) is 0 Å². The highest BCUT2D eigenvalue weighted by molar-refractivity contribution is 5.89. The van der Waals surface area contributed by atoms with E-state index in [-0.39, 0.29) is 36.5 Å². The van der Waals surface area contributed by atoms with Gasteiger partial charge in [-0.3, -0.25) is 9.59 Å². The van der Waals surface area contributed by atoms with E-state index in [2.05, 4.69) is 15.3 Å². The lowest BCUT2D eigenvalue weighted by Crippen LogP contribution is -2.47. The van der Waals surface area contributed by atoms with Crippen LogP contribution in [0.3, 0.4) is 0 Å². The van der Waals surface area contributed by atoms with Crippen molar-refractivity contribution in [2.75, 3.05) is 6.54 Å². The van der Waals surface area contributed by atoms with Gasteiger partial charge in [-0.15, -0.1) is 0 Å². The fourth-order valence-corrected chi connectivity index (χ4v) is 4.90. The van der Waals surface area contributed by atoms with E-state index in [1.165, 1.54) is 24.6 Å². The zero-order valence-electron chi connectivity index (χ0n) is 19.6. The van der Waals surface area contributed by atoms with E-state index in [4.69, 9.17) is 4.42 Å². The summed E-state index contributed by atoms with van der Waals surface area (Å²) in [6.45, 7) is -0.249. The first-order valence-corrected chi connectivity index (χ1v) is 11.9. The second-order valence-corrected chi connectivity index (χ2v) is 9.43. The fraction of sp³-hybridized carbons (Fsp3) is 0.385. The third-order valence-electron chi connectivity index (χ3n) is 6.80. The summed E-state index contributed by atoms with van der Waals surface area (Å²) in [7, 11) is 0. The number of hydrogen-bond acceptors (Lipinski definition) is 5. The minimum atomic E-state index is -2.80. The number of amides is 2. The number of rotatable bonds is 7. The van der Waals surface area contributed by atoms with Gasteiger partial charge in [-0.1, -0.05) is 36.4 Å². The number of hydrogen-bond donors (Lipinski definition) is 1. The minimum Gasteiger partial charge on any atom is -0.448 e. The van der Waals surface area contributed by atoms with Crippen LogP contribution in [0.2, 0.25) is 0 Å². The molecule has 2 aliphatic rings. The number of alkyl halides is 3. The van der Waals surface area contributed by atoms with Crippen LogP contribution in [0.15, 0.2) is 59.3 Å². The predicted octanol–water partition coefficient (Wildman–Crippen LogP) is 4.11. The van der Waals surface area contributed by atoms with E-state index in [1.54, 1.807) is 30.3 Å². The van der Waals surface area contributed by atoms with Crippen LogP contribution in [0.5, 0.6) is 0 Å². The van der Waals surface area contributed by atoms with Gasteiger partial charge in [-0.05, 0) is 17.5 Å². The van der Waals surface area contributed by atoms with E-state index < -0.39 is 60.7 Å². The maximum absolute atomic E-state index is 14.9. The Kier molecular flexibility index (Phi) is 6.70. The van der Waals surface area contributed by atoms with E-state index in [0.717, 1.165) is 4.90 Å². The van der Waals surface area contributed by atoms with Gasteiger partial charge in [0.25, 0.3) is 0 Å². The lowest BCUT2D eigenvalue weighted by molar-refractivity contribution is -0.138. The molecule has 3 heterocycles. The summed E-state index contributed by atoms with van der Waals surface area (Å²) in [5, 5.41) is 2.79. The molecule has 3 atom stereocenters. The van der Waals surface area contributed by atoms with Gasteiger partial charge in [0.15, 0.2) is 0 Å². The predicted molar refractivity (Wildman–Crippen MR) is 123 cm³/mol. The van der Waals surface area contributed by atoms with Crippen LogP contribution in [-0.2, 0) is 16.0 Å². The molecule has 2 fully saturated rings. The summed E-state index contributed by atoms with van der Waals surface area (Å²) in [6, 6.07) is 9.55. The standard InChI is InChI=1S/C26H24F4N4O3/c27-17-10-20(34(14-17)22(35)11-21-31-8-9-37-21)25(36)33-23(15-4-2-1-3-5-15)19-7-6-18(24(28)32-19)16-12-26(29,30)13-16/h1-9,16-17,20,23H,10-14H2,(H,33,36). The third kappa shape index (κ3) is 5.35. The highest BCUT2D eigenvalue weighted by Crippen LogP contribution is 2.48. The monoisotopic (exact) mass is 516 g/mol. The van der Waals surface area contributed by atoms with Gasteiger partial charge < -0.3 is 14.6 Å². The van der Waals surface area contributed by atoms with Gasteiger partial charge in [0.05, 0.1) is 24.5 Å². The topological polar surface area (TPSA) is 88.3 Å². The van der Waals surface area contributed by atoms with E-state index in [0.29, 0.717) is 5.56 Å². The Morgan fingerprint density at radius 1 is 1.16 bits per heavy atom. The first-order chi connectivity index (χ1) is 17.7. The third-order valence-corrected chi connectivity index (χ3v) is 6.80. The second kappa shape index (κ2) is 9.95. The molecule has 194 valence electrons. The number of nitrogens with one attached hydrogen (secondary N) is 1. The van der Waals surface area contributed by atoms with Crippen LogP contribution in [0.1, 0.15) is 53.9 Å². The van der Waals surface area contributed by atoms with Crippen LogP contribution < -0.4 is 5.32 Å². The Morgan fingerprint density at radius 2 is 1.92 bits per heavy atom. The molecule has 0 radical (unpaired) electrons. The average Bonchev–Trinajstić information content (AvgIpc) is 3.51. The van der Waals surface area contributed by atoms with Gasteiger partial charge in [-0.25, -0.2) is 23.1 Å². The van der Waals surface area contributed by atoms with Gasteiger partial charge >= 0.3 is 0 Å². The number of benzene rings is 1. The Morgan fingerprint density at radius 3 is 2.57 bits per heavy atom. The highest BCUT2D eigenvalue weighted by Gasteiger charge is 2.47. The van der Waals surface area contributed by atoms with E-state index >= 15 is 0 Å². The van der Waals surface area contributed by atoms with Crippen LogP contribution in [0.25, 0.3) is 0 Å². The molecule has 1 aliphatic heterocycles. The number of pyridine rings is 1. The van der Waals surface area contributed by atoms with Crippen LogP contribution in [-0.4, -0.2) is 51.4 Å². The molecule has 1 saturated heterocycles. The molecule has 2 amide bonds. The number of likely N-dealkylation sites (tertiary alicyclic amines) is 1. The number of halogens is 4. The molecular formula is C26H24F4N4O3. The van der Waals surface area contributed by atoms with Crippen molar-refractivity contribution in [1.29, 1.82) is 0 Å². The smallest absolute Gasteiger partial charge is 0.249 e. The fourth-order valence-electron chi connectivity index (χ4n) is 4.90. The number of oxazole rings is 1. The first kappa shape index (κ1) is 24.9. The molecule has 37 heavy (non-hydrogen) atoms. The Balaban J connectivity index is 1.37. The summed E-state index contributed by atoms with van der Waals surface area (Å²) < 4.78 is 60.9. The normalized spacial score (nSPS) is 21.9. The maximum Gasteiger partial charge on any atom is 0.249 e. The molecule has 1 aromatic carbocycles. The maximum atomic E-state index is 14.9. The lowest BCUT2D eigenvalue weighted by Gasteiger charge is -2.35. The summed E-state index contributed by atoms with van der Waals surface area (Å²) in [6.07, 6.45) is 0.0112. The molecule has 0 spiro atoms. The van der Waals surface area contributed by atoms with Gasteiger partial charge in [0.2, 0.25) is 29.6 Å². The zero-order valence-corrected chi connectivity index (χ0v) is 19.6. The zero-order chi connectivity index (χ0) is 26.2. The minimum absolute atomic E-state index is 0.104. The Bertz CT molecular complexity index is 1260. The van der Waals surface area contributed by atoms with Crippen molar-refractivity contribution >= 4 is 11.8 Å². The van der Waals surface area contributed by atoms with Crippen LogP contribution >= 0.6 is 0 Å². The Hall–Kier alpha value is -3.76. The summed E-state index contributed by atoms with van der Waals surface area (Å²) in [5.41, 5.74) is 0.838. The molecule has 3 aromatic rings. The number of carbonyl (C=O) groups excluding carboxylic acids is 2. The molecule has 5 rings (SSSR count). The van der Waals surface area contributed by atoms with Crippen molar-refractivity contribution in [3.8, 4) is 0 Å². The molecule has 1 N–H and O–H groups in total. The van der Waals surface area contributed by atoms with Crippen molar-refractivity contribution in [2.45, 2.75) is 55.8 Å². The van der Waals surface area contributed by atoms with Gasteiger partial charge in [0.1, 0.15) is 24.9 Å². The van der Waals surface area contributed by atoms with Crippen LogP contribution in [0, 0.1) is 5.95 Å². The Labute approximate surface area is 209 Å². The van der Waals surface area contributed by atoms with Crippen molar-refractivity contribution in [1.82, 2.24) is 20.2 Å². The molecule has 3 unspecified atom stereocenters. The lowest BCUT2D eigenvalue weighted by atomic mass is 9.77. The molecule has 0 bridgehead atoms. The SMILES string of the molecule is O=C(NC(c1ccccc1)c1ccc(C2CC(F)(F)C2)c(F)n1)C1CC(F)CN1C(=O)Cc1ncco1. The highest BCUT2D eigenvalue weighted by atomic mass is 19.3. The largest absolute Gasteiger partial charge is 0.448 e. The van der Waals surface area contributed by atoms with Crippen molar-refractivity contribution < 1.29 is 31.6 Å². The van der Waals surface area contributed by atoms with E-state index in [9.17, 15) is 27.2 Å². The average molecular weight is 516 g/mol.